The second kappa shape index (κ2) is 5.73. The monoisotopic (exact) mass is 263 g/mol. The summed E-state index contributed by atoms with van der Waals surface area (Å²) in [5.74, 6) is 1.66. The Balaban J connectivity index is 2.10. The minimum Gasteiger partial charge on any atom is -0.364 e. The third-order valence-electron chi connectivity index (χ3n) is 2.31. The number of rotatable bonds is 4. The molecule has 0 aromatic carbocycles. The van der Waals surface area contributed by atoms with Crippen molar-refractivity contribution in [1.82, 2.24) is 20.2 Å². The third-order valence-corrected chi connectivity index (χ3v) is 2.50. The van der Waals surface area contributed by atoms with Gasteiger partial charge >= 0.3 is 0 Å². The molecule has 0 unspecified atom stereocenters. The highest BCUT2D eigenvalue weighted by atomic mass is 35.5. The van der Waals surface area contributed by atoms with Gasteiger partial charge in [0.1, 0.15) is 16.8 Å². The van der Waals surface area contributed by atoms with Crippen LogP contribution in [0.5, 0.6) is 0 Å². The number of anilines is 1. The highest BCUT2D eigenvalue weighted by Gasteiger charge is 2.07. The molecule has 18 heavy (non-hydrogen) atoms. The Bertz CT molecular complexity index is 515. The molecule has 2 heterocycles. The fraction of sp³-hybridized carbons (Fsp3) is 0.333. The van der Waals surface area contributed by atoms with Crippen LogP contribution in [-0.2, 0) is 6.54 Å². The van der Waals surface area contributed by atoms with Gasteiger partial charge < -0.3 is 5.32 Å². The van der Waals surface area contributed by atoms with Gasteiger partial charge in [0, 0.05) is 18.2 Å². The van der Waals surface area contributed by atoms with Crippen LogP contribution in [0.3, 0.4) is 0 Å². The smallest absolute Gasteiger partial charge is 0.135 e. The molecule has 0 amide bonds. The lowest BCUT2D eigenvalue weighted by Crippen LogP contribution is -2.07. The van der Waals surface area contributed by atoms with Crippen LogP contribution in [0, 0.1) is 0 Å². The van der Waals surface area contributed by atoms with Crippen molar-refractivity contribution in [3.05, 3.63) is 41.1 Å². The first-order valence-electron chi connectivity index (χ1n) is 5.70. The Morgan fingerprint density at radius 3 is 2.83 bits per heavy atom. The number of nitrogens with zero attached hydrogens (tertiary/aromatic N) is 4. The Labute approximate surface area is 111 Å². The number of halogens is 1. The van der Waals surface area contributed by atoms with Crippen molar-refractivity contribution < 1.29 is 0 Å². The Morgan fingerprint density at radius 1 is 1.33 bits per heavy atom. The van der Waals surface area contributed by atoms with E-state index in [0.717, 1.165) is 11.5 Å². The summed E-state index contributed by atoms with van der Waals surface area (Å²) in [6.45, 7) is 4.61. The molecule has 2 aromatic rings. The van der Waals surface area contributed by atoms with E-state index in [9.17, 15) is 0 Å². The average Bonchev–Trinajstić information content (AvgIpc) is 2.37. The molecule has 2 rings (SSSR count). The van der Waals surface area contributed by atoms with E-state index in [0.29, 0.717) is 17.5 Å². The van der Waals surface area contributed by atoms with Gasteiger partial charge in [-0.15, -0.1) is 0 Å². The molecule has 2 aromatic heterocycles. The topological polar surface area (TPSA) is 63.6 Å². The lowest BCUT2D eigenvalue weighted by molar-refractivity contribution is 0.773. The van der Waals surface area contributed by atoms with E-state index >= 15 is 0 Å². The Hall–Kier alpha value is -1.75. The van der Waals surface area contributed by atoms with Gasteiger partial charge in [0.05, 0.1) is 12.2 Å². The highest BCUT2D eigenvalue weighted by Crippen LogP contribution is 2.17. The van der Waals surface area contributed by atoms with E-state index in [1.54, 1.807) is 12.3 Å². The van der Waals surface area contributed by atoms with Crippen LogP contribution in [0.2, 0.25) is 5.15 Å². The van der Waals surface area contributed by atoms with Crippen LogP contribution in [0.1, 0.15) is 31.3 Å². The molecular formula is C12H14ClN5. The van der Waals surface area contributed by atoms with Crippen molar-refractivity contribution in [2.75, 3.05) is 5.32 Å². The first-order chi connectivity index (χ1) is 8.65. The summed E-state index contributed by atoms with van der Waals surface area (Å²) in [6, 6.07) is 5.44. The van der Waals surface area contributed by atoms with Crippen LogP contribution in [0.15, 0.2) is 24.4 Å². The molecule has 0 spiro atoms. The Morgan fingerprint density at radius 2 is 2.17 bits per heavy atom. The number of aromatic nitrogens is 4. The summed E-state index contributed by atoms with van der Waals surface area (Å²) in [4.78, 5) is 8.57. The van der Waals surface area contributed by atoms with E-state index in [1.165, 1.54) is 0 Å². The lowest BCUT2D eigenvalue weighted by Gasteiger charge is -2.09. The van der Waals surface area contributed by atoms with E-state index in [4.69, 9.17) is 11.6 Å². The molecule has 0 bridgehead atoms. The van der Waals surface area contributed by atoms with E-state index in [-0.39, 0.29) is 5.92 Å². The molecule has 0 saturated carbocycles. The maximum Gasteiger partial charge on any atom is 0.135 e. The molecule has 94 valence electrons. The fourth-order valence-electron chi connectivity index (χ4n) is 1.39. The first kappa shape index (κ1) is 12.7. The molecule has 0 radical (unpaired) electrons. The zero-order chi connectivity index (χ0) is 13.0. The minimum atomic E-state index is 0.237. The molecule has 6 heteroatoms. The van der Waals surface area contributed by atoms with Gasteiger partial charge in [-0.25, -0.2) is 9.97 Å². The van der Waals surface area contributed by atoms with Gasteiger partial charge in [-0.1, -0.05) is 25.4 Å². The van der Waals surface area contributed by atoms with Crippen LogP contribution < -0.4 is 5.32 Å². The van der Waals surface area contributed by atoms with Crippen molar-refractivity contribution in [1.29, 1.82) is 0 Å². The van der Waals surface area contributed by atoms with Crippen molar-refractivity contribution >= 4 is 17.4 Å². The zero-order valence-corrected chi connectivity index (χ0v) is 11.0. The maximum atomic E-state index is 5.96. The van der Waals surface area contributed by atoms with Crippen LogP contribution in [-0.4, -0.2) is 20.2 Å². The zero-order valence-electron chi connectivity index (χ0n) is 10.3. The maximum absolute atomic E-state index is 5.96. The van der Waals surface area contributed by atoms with Crippen LogP contribution >= 0.6 is 11.6 Å². The predicted molar refractivity (Wildman–Crippen MR) is 70.5 cm³/mol. The molecule has 0 aliphatic heterocycles. The second-order valence-corrected chi connectivity index (χ2v) is 4.54. The van der Waals surface area contributed by atoms with Crippen LogP contribution in [0.4, 0.5) is 5.82 Å². The summed E-state index contributed by atoms with van der Waals surface area (Å²) in [5.41, 5.74) is 0.846. The van der Waals surface area contributed by atoms with Gasteiger partial charge in [0.25, 0.3) is 0 Å². The van der Waals surface area contributed by atoms with Gasteiger partial charge in [-0.05, 0) is 12.1 Å². The van der Waals surface area contributed by atoms with Crippen LogP contribution in [0.25, 0.3) is 0 Å². The predicted octanol–water partition coefficient (Wildman–Crippen LogP) is 2.66. The van der Waals surface area contributed by atoms with Gasteiger partial charge in [0.2, 0.25) is 0 Å². The number of nitrogens with one attached hydrogen (secondary N) is 1. The normalized spacial score (nSPS) is 10.7. The molecule has 0 fully saturated rings. The first-order valence-corrected chi connectivity index (χ1v) is 6.08. The van der Waals surface area contributed by atoms with E-state index < -0.39 is 0 Å². The molecular weight excluding hydrogens is 250 g/mol. The molecule has 1 N–H and O–H groups in total. The van der Waals surface area contributed by atoms with Crippen molar-refractivity contribution in [3.63, 3.8) is 0 Å². The molecule has 5 nitrogen and oxygen atoms in total. The molecule has 0 atom stereocenters. The summed E-state index contributed by atoms with van der Waals surface area (Å²) in [5, 5.41) is 11.4. The van der Waals surface area contributed by atoms with Crippen molar-refractivity contribution in [2.45, 2.75) is 26.3 Å². The van der Waals surface area contributed by atoms with E-state index in [2.05, 4.69) is 25.5 Å². The SMILES string of the molecule is CC(C)c1nc(Cl)cc(NCc2cccnn2)n1. The summed E-state index contributed by atoms with van der Waals surface area (Å²) >= 11 is 5.96. The number of hydrogen-bond donors (Lipinski definition) is 1. The third kappa shape index (κ3) is 3.37. The minimum absolute atomic E-state index is 0.237. The molecule has 0 saturated heterocycles. The second-order valence-electron chi connectivity index (χ2n) is 4.16. The summed E-state index contributed by atoms with van der Waals surface area (Å²) in [7, 11) is 0. The van der Waals surface area contributed by atoms with Crippen molar-refractivity contribution in [2.24, 2.45) is 0 Å². The lowest BCUT2D eigenvalue weighted by atomic mass is 10.2. The quantitative estimate of drug-likeness (QED) is 0.859. The number of hydrogen-bond acceptors (Lipinski definition) is 5. The van der Waals surface area contributed by atoms with Gasteiger partial charge in [-0.2, -0.15) is 10.2 Å². The van der Waals surface area contributed by atoms with Crippen molar-refractivity contribution in [3.8, 4) is 0 Å². The summed E-state index contributed by atoms with van der Waals surface area (Å²) < 4.78 is 0. The Kier molecular flexibility index (Phi) is 4.04. The largest absolute Gasteiger partial charge is 0.364 e. The summed E-state index contributed by atoms with van der Waals surface area (Å²) in [6.07, 6.45) is 1.64. The van der Waals surface area contributed by atoms with Gasteiger partial charge in [0.15, 0.2) is 0 Å². The molecule has 0 aliphatic carbocycles. The highest BCUT2D eigenvalue weighted by molar-refractivity contribution is 6.29. The average molecular weight is 264 g/mol. The molecule has 0 aliphatic rings. The van der Waals surface area contributed by atoms with Gasteiger partial charge in [-0.3, -0.25) is 0 Å². The fourth-order valence-corrected chi connectivity index (χ4v) is 1.58. The van der Waals surface area contributed by atoms with E-state index in [1.807, 2.05) is 26.0 Å². The standard InChI is InChI=1S/C12H14ClN5/c1-8(2)12-16-10(13)6-11(17-12)14-7-9-4-3-5-15-18-9/h3-6,8H,7H2,1-2H3,(H,14,16,17).